The molecule has 0 aliphatic carbocycles. The Morgan fingerprint density at radius 1 is 1.50 bits per heavy atom. The van der Waals surface area contributed by atoms with Gasteiger partial charge >= 0.3 is 0 Å². The summed E-state index contributed by atoms with van der Waals surface area (Å²) in [7, 11) is 5.28. The van der Waals surface area contributed by atoms with Crippen molar-refractivity contribution in [2.45, 2.75) is 0 Å². The van der Waals surface area contributed by atoms with Crippen LogP contribution in [0, 0.1) is 5.82 Å². The molecule has 0 saturated heterocycles. The van der Waals surface area contributed by atoms with E-state index in [1.165, 1.54) is 6.07 Å². The summed E-state index contributed by atoms with van der Waals surface area (Å²) >= 11 is 1.85. The Labute approximate surface area is 73.9 Å². The molecule has 1 aromatic carbocycles. The molecule has 1 nitrogen and oxygen atoms in total. The van der Waals surface area contributed by atoms with Gasteiger partial charge in [0.2, 0.25) is 0 Å². The first-order valence-electron chi connectivity index (χ1n) is 2.66. The molecule has 0 aliphatic heterocycles. The third-order valence-electron chi connectivity index (χ3n) is 1.13. The average Bonchev–Trinajstić information content (AvgIpc) is 1.95. The van der Waals surface area contributed by atoms with Crippen LogP contribution in [0.3, 0.4) is 0 Å². The summed E-state index contributed by atoms with van der Waals surface area (Å²) in [5.74, 6) is -0.392. The van der Waals surface area contributed by atoms with Crippen LogP contribution >= 0.6 is 22.9 Å². The van der Waals surface area contributed by atoms with Gasteiger partial charge in [-0.25, -0.2) is 4.39 Å². The van der Waals surface area contributed by atoms with Gasteiger partial charge in [0.25, 0.3) is 0 Å². The molecule has 0 atom stereocenters. The zero-order valence-electron chi connectivity index (χ0n) is 5.07. The summed E-state index contributed by atoms with van der Waals surface area (Å²) in [6.45, 7) is 0. The van der Waals surface area contributed by atoms with Crippen molar-refractivity contribution >= 4 is 41.9 Å². The minimum absolute atomic E-state index is 0.168. The van der Waals surface area contributed by atoms with Gasteiger partial charge in [0.1, 0.15) is 13.7 Å². The van der Waals surface area contributed by atoms with E-state index < -0.39 is 5.82 Å². The molecular weight excluding hydrogens is 243 g/mol. The molecule has 0 amide bonds. The SMILES string of the molecule is [B]c1cccc(NI)c1F. The molecule has 4 heteroatoms. The third kappa shape index (κ3) is 1.42. The molecular formula is C6H4BFIN. The highest BCUT2D eigenvalue weighted by Crippen LogP contribution is 2.11. The van der Waals surface area contributed by atoms with Crippen LogP contribution in [-0.2, 0) is 0 Å². The van der Waals surface area contributed by atoms with E-state index in [4.69, 9.17) is 7.85 Å². The number of halogens is 2. The normalized spacial score (nSPS) is 9.40. The zero-order chi connectivity index (χ0) is 7.56. The fourth-order valence-electron chi connectivity index (χ4n) is 0.623. The van der Waals surface area contributed by atoms with E-state index in [0.717, 1.165) is 0 Å². The van der Waals surface area contributed by atoms with Crippen LogP contribution in [0.4, 0.5) is 10.1 Å². The van der Waals surface area contributed by atoms with Gasteiger partial charge in [-0.2, -0.15) is 0 Å². The summed E-state index contributed by atoms with van der Waals surface area (Å²) < 4.78 is 15.5. The van der Waals surface area contributed by atoms with Crippen molar-refractivity contribution < 1.29 is 4.39 Å². The van der Waals surface area contributed by atoms with Gasteiger partial charge in [0.05, 0.1) is 28.6 Å². The number of rotatable bonds is 1. The largest absolute Gasteiger partial charge is 0.326 e. The van der Waals surface area contributed by atoms with Crippen molar-refractivity contribution in [1.29, 1.82) is 0 Å². The van der Waals surface area contributed by atoms with Gasteiger partial charge in [-0.3, -0.25) is 0 Å². The highest BCUT2D eigenvalue weighted by Gasteiger charge is 2.00. The minimum Gasteiger partial charge on any atom is -0.326 e. The highest BCUT2D eigenvalue weighted by molar-refractivity contribution is 14.1. The van der Waals surface area contributed by atoms with Crippen LogP contribution in [0.2, 0.25) is 0 Å². The lowest BCUT2D eigenvalue weighted by Gasteiger charge is -2.01. The fourth-order valence-corrected chi connectivity index (χ4v) is 1.04. The first-order chi connectivity index (χ1) is 4.75. The molecule has 0 saturated carbocycles. The molecule has 0 unspecified atom stereocenters. The van der Waals surface area contributed by atoms with Crippen molar-refractivity contribution in [2.24, 2.45) is 0 Å². The maximum absolute atomic E-state index is 12.8. The summed E-state index contributed by atoms with van der Waals surface area (Å²) in [6, 6.07) is 4.84. The number of hydrogen-bond donors (Lipinski definition) is 1. The smallest absolute Gasteiger partial charge is 0.139 e. The number of anilines is 1. The molecule has 0 bridgehead atoms. The van der Waals surface area contributed by atoms with Gasteiger partial charge in [-0.15, -0.1) is 0 Å². The lowest BCUT2D eigenvalue weighted by molar-refractivity contribution is 0.641. The summed E-state index contributed by atoms with van der Waals surface area (Å²) in [5, 5.41) is 0. The van der Waals surface area contributed by atoms with E-state index >= 15 is 0 Å². The summed E-state index contributed by atoms with van der Waals surface area (Å²) in [4.78, 5) is 0. The zero-order valence-corrected chi connectivity index (χ0v) is 7.22. The molecule has 0 aromatic heterocycles. The van der Waals surface area contributed by atoms with Gasteiger partial charge in [-0.1, -0.05) is 17.6 Å². The van der Waals surface area contributed by atoms with E-state index in [-0.39, 0.29) is 5.46 Å². The first-order valence-corrected chi connectivity index (χ1v) is 3.74. The highest BCUT2D eigenvalue weighted by atomic mass is 127. The maximum Gasteiger partial charge on any atom is 0.139 e. The van der Waals surface area contributed by atoms with E-state index in [0.29, 0.717) is 5.69 Å². The maximum atomic E-state index is 12.8. The molecule has 1 aromatic rings. The molecule has 0 spiro atoms. The Kier molecular flexibility index (Phi) is 2.53. The molecule has 2 radical (unpaired) electrons. The van der Waals surface area contributed by atoms with Crippen molar-refractivity contribution in [1.82, 2.24) is 0 Å². The quantitative estimate of drug-likeness (QED) is 0.449. The topological polar surface area (TPSA) is 12.0 Å². The van der Waals surface area contributed by atoms with E-state index in [9.17, 15) is 4.39 Å². The second-order valence-corrected chi connectivity index (χ2v) is 2.34. The monoisotopic (exact) mass is 247 g/mol. The Bertz CT molecular complexity index is 241. The second kappa shape index (κ2) is 3.23. The average molecular weight is 247 g/mol. The summed E-state index contributed by atoms with van der Waals surface area (Å²) in [6.07, 6.45) is 0. The third-order valence-corrected chi connectivity index (χ3v) is 1.71. The molecule has 50 valence electrons. The Morgan fingerprint density at radius 3 is 2.70 bits per heavy atom. The molecule has 0 aliphatic rings. The van der Waals surface area contributed by atoms with Crippen LogP contribution in [0.15, 0.2) is 18.2 Å². The number of nitrogens with one attached hydrogen (secondary N) is 1. The van der Waals surface area contributed by atoms with Crippen molar-refractivity contribution in [3.63, 3.8) is 0 Å². The molecule has 1 N–H and O–H groups in total. The fraction of sp³-hybridized carbons (Fsp3) is 0. The molecule has 0 heterocycles. The van der Waals surface area contributed by atoms with E-state index in [1.807, 2.05) is 22.9 Å². The molecule has 0 fully saturated rings. The van der Waals surface area contributed by atoms with Crippen LogP contribution < -0.4 is 8.99 Å². The second-order valence-electron chi connectivity index (χ2n) is 1.80. The van der Waals surface area contributed by atoms with Gasteiger partial charge in [-0.05, 0) is 6.07 Å². The number of hydrogen-bond acceptors (Lipinski definition) is 1. The predicted octanol–water partition coefficient (Wildman–Crippen LogP) is 1.38. The first kappa shape index (κ1) is 7.85. The minimum atomic E-state index is -0.392. The van der Waals surface area contributed by atoms with Crippen molar-refractivity contribution in [3.8, 4) is 0 Å². The lowest BCUT2D eigenvalue weighted by atomic mass is 9.95. The van der Waals surface area contributed by atoms with Crippen LogP contribution in [0.1, 0.15) is 0 Å². The van der Waals surface area contributed by atoms with Crippen LogP contribution in [-0.4, -0.2) is 7.85 Å². The number of benzene rings is 1. The van der Waals surface area contributed by atoms with E-state index in [1.54, 1.807) is 12.1 Å². The van der Waals surface area contributed by atoms with Gasteiger partial charge in [0.15, 0.2) is 0 Å². The standard InChI is InChI=1S/C6H4BFIN/c7-4-2-1-3-5(10-9)6(4)8/h1-3,10H. The van der Waals surface area contributed by atoms with Crippen molar-refractivity contribution in [3.05, 3.63) is 24.0 Å². The Morgan fingerprint density at radius 2 is 2.20 bits per heavy atom. The molecule has 10 heavy (non-hydrogen) atoms. The Hall–Kier alpha value is -0.255. The summed E-state index contributed by atoms with van der Waals surface area (Å²) in [5.41, 5.74) is 0.585. The van der Waals surface area contributed by atoms with Gasteiger partial charge < -0.3 is 3.53 Å². The van der Waals surface area contributed by atoms with Crippen LogP contribution in [0.25, 0.3) is 0 Å². The van der Waals surface area contributed by atoms with Gasteiger partial charge in [0, 0.05) is 0 Å². The van der Waals surface area contributed by atoms with Crippen molar-refractivity contribution in [2.75, 3.05) is 3.53 Å². The lowest BCUT2D eigenvalue weighted by Crippen LogP contribution is -2.08. The Balaban J connectivity index is 3.14. The van der Waals surface area contributed by atoms with Crippen LogP contribution in [0.5, 0.6) is 0 Å². The van der Waals surface area contributed by atoms with E-state index in [2.05, 4.69) is 3.53 Å². The molecule has 1 rings (SSSR count). The predicted molar refractivity (Wildman–Crippen MR) is 49.4 cm³/mol.